The van der Waals surface area contributed by atoms with Gasteiger partial charge in [0, 0.05) is 5.57 Å². The van der Waals surface area contributed by atoms with Crippen molar-refractivity contribution in [2.24, 2.45) is 5.73 Å². The molecule has 0 bridgehead atoms. The zero-order valence-electron chi connectivity index (χ0n) is 10.0. The molecule has 90 valence electrons. The van der Waals surface area contributed by atoms with Crippen LogP contribution in [-0.4, -0.2) is 5.91 Å². The van der Waals surface area contributed by atoms with Gasteiger partial charge >= 0.3 is 0 Å². The Labute approximate surface area is 107 Å². The maximum absolute atomic E-state index is 11.5. The molecule has 18 heavy (non-hydrogen) atoms. The maximum Gasteiger partial charge on any atom is 0.248 e. The third-order valence-electron chi connectivity index (χ3n) is 2.73. The zero-order chi connectivity index (χ0) is 12.8. The van der Waals surface area contributed by atoms with Crippen LogP contribution >= 0.6 is 0 Å². The van der Waals surface area contributed by atoms with E-state index in [2.05, 4.69) is 0 Å². The minimum atomic E-state index is -0.392. The molecule has 0 saturated carbocycles. The summed E-state index contributed by atoms with van der Waals surface area (Å²) in [6.45, 7) is 0. The lowest BCUT2D eigenvalue weighted by molar-refractivity contribution is -0.112. The second-order valence-corrected chi connectivity index (χ2v) is 4.04. The van der Waals surface area contributed by atoms with Gasteiger partial charge in [0.2, 0.25) is 5.91 Å². The quantitative estimate of drug-likeness (QED) is 0.816. The van der Waals surface area contributed by atoms with E-state index in [1.807, 2.05) is 66.7 Å². The number of carbonyl (C=O) groups is 1. The molecule has 1 amide bonds. The van der Waals surface area contributed by atoms with Crippen molar-refractivity contribution < 1.29 is 4.79 Å². The number of benzene rings is 2. The first-order chi connectivity index (χ1) is 8.77. The molecule has 2 heteroatoms. The van der Waals surface area contributed by atoms with Crippen molar-refractivity contribution in [1.82, 2.24) is 0 Å². The van der Waals surface area contributed by atoms with Crippen LogP contribution in [0.1, 0.15) is 11.1 Å². The van der Waals surface area contributed by atoms with Gasteiger partial charge in [0.15, 0.2) is 0 Å². The number of carbonyl (C=O) groups excluding carboxylic acids is 1. The molecule has 0 aliphatic rings. The number of primary amides is 1. The van der Waals surface area contributed by atoms with Crippen molar-refractivity contribution in [3.05, 3.63) is 77.9 Å². The molecule has 2 aromatic rings. The van der Waals surface area contributed by atoms with Crippen molar-refractivity contribution in [2.75, 3.05) is 0 Å². The molecule has 2 N–H and O–H groups in total. The minimum absolute atomic E-state index is 0.392. The summed E-state index contributed by atoms with van der Waals surface area (Å²) in [6, 6.07) is 19.5. The topological polar surface area (TPSA) is 43.1 Å². The second-order valence-electron chi connectivity index (χ2n) is 4.04. The molecule has 0 unspecified atom stereocenters. The Balaban J connectivity index is 2.24. The summed E-state index contributed by atoms with van der Waals surface area (Å²) in [5, 5.41) is 0. The van der Waals surface area contributed by atoms with Gasteiger partial charge in [-0.05, 0) is 17.5 Å². The number of rotatable bonds is 4. The number of allylic oxidation sites excluding steroid dienone is 1. The molecule has 0 aromatic heterocycles. The predicted molar refractivity (Wildman–Crippen MR) is 73.8 cm³/mol. The summed E-state index contributed by atoms with van der Waals surface area (Å²) < 4.78 is 0. The molecule has 0 aliphatic carbocycles. The van der Waals surface area contributed by atoms with Crippen molar-refractivity contribution in [2.45, 2.75) is 6.42 Å². The zero-order valence-corrected chi connectivity index (χ0v) is 10.0. The molecule has 2 rings (SSSR count). The minimum Gasteiger partial charge on any atom is -0.366 e. The third-order valence-corrected chi connectivity index (χ3v) is 2.73. The largest absolute Gasteiger partial charge is 0.366 e. The Hall–Kier alpha value is -2.35. The van der Waals surface area contributed by atoms with E-state index in [4.69, 9.17) is 5.73 Å². The highest BCUT2D eigenvalue weighted by atomic mass is 16.1. The Morgan fingerprint density at radius 3 is 2.06 bits per heavy atom. The molecule has 0 radical (unpaired) electrons. The van der Waals surface area contributed by atoms with Crippen LogP contribution in [0.3, 0.4) is 0 Å². The van der Waals surface area contributed by atoms with Crippen molar-refractivity contribution >= 4 is 11.5 Å². The summed E-state index contributed by atoms with van der Waals surface area (Å²) in [5.74, 6) is -0.392. The van der Waals surface area contributed by atoms with E-state index in [0.717, 1.165) is 11.1 Å². The molecule has 0 heterocycles. The van der Waals surface area contributed by atoms with Gasteiger partial charge in [-0.1, -0.05) is 66.7 Å². The molecule has 2 aromatic carbocycles. The van der Waals surface area contributed by atoms with Crippen LogP contribution in [0.5, 0.6) is 0 Å². The first kappa shape index (κ1) is 12.1. The Morgan fingerprint density at radius 1 is 0.944 bits per heavy atom. The van der Waals surface area contributed by atoms with E-state index in [0.29, 0.717) is 12.0 Å². The fourth-order valence-electron chi connectivity index (χ4n) is 1.81. The lowest BCUT2D eigenvalue weighted by Crippen LogP contribution is -2.13. The normalized spacial score (nSPS) is 11.2. The molecule has 0 saturated heterocycles. The van der Waals surface area contributed by atoms with Gasteiger partial charge in [-0.25, -0.2) is 0 Å². The Morgan fingerprint density at radius 2 is 1.50 bits per heavy atom. The summed E-state index contributed by atoms with van der Waals surface area (Å²) in [4.78, 5) is 11.5. The van der Waals surface area contributed by atoms with Crippen LogP contribution in [0.15, 0.2) is 66.7 Å². The van der Waals surface area contributed by atoms with Crippen molar-refractivity contribution in [3.63, 3.8) is 0 Å². The number of nitrogens with two attached hydrogens (primary N) is 1. The average Bonchev–Trinajstić information content (AvgIpc) is 2.41. The van der Waals surface area contributed by atoms with Crippen LogP contribution in [0.4, 0.5) is 0 Å². The maximum atomic E-state index is 11.5. The van der Waals surface area contributed by atoms with Crippen molar-refractivity contribution in [1.29, 1.82) is 0 Å². The standard InChI is InChI=1S/C16H15NO/c17-16(18)15(14-9-5-2-6-10-14)12-11-13-7-3-1-4-8-13/h1-10,12H,11H2,(H2,17,18). The van der Waals surface area contributed by atoms with Gasteiger partial charge in [0.25, 0.3) is 0 Å². The monoisotopic (exact) mass is 237 g/mol. The van der Waals surface area contributed by atoms with Crippen LogP contribution < -0.4 is 5.73 Å². The number of amides is 1. The van der Waals surface area contributed by atoms with Gasteiger partial charge < -0.3 is 5.73 Å². The molecular weight excluding hydrogens is 222 g/mol. The van der Waals surface area contributed by atoms with Gasteiger partial charge in [-0.3, -0.25) is 4.79 Å². The highest BCUT2D eigenvalue weighted by Gasteiger charge is 2.06. The molecule has 0 aliphatic heterocycles. The third kappa shape index (κ3) is 3.08. The van der Waals surface area contributed by atoms with E-state index < -0.39 is 5.91 Å². The van der Waals surface area contributed by atoms with Crippen LogP contribution in [0.2, 0.25) is 0 Å². The first-order valence-corrected chi connectivity index (χ1v) is 5.86. The fourth-order valence-corrected chi connectivity index (χ4v) is 1.81. The predicted octanol–water partition coefficient (Wildman–Crippen LogP) is 2.80. The number of hydrogen-bond acceptors (Lipinski definition) is 1. The van der Waals surface area contributed by atoms with Crippen LogP contribution in [0, 0.1) is 0 Å². The lowest BCUT2D eigenvalue weighted by atomic mass is 10.0. The van der Waals surface area contributed by atoms with Crippen molar-refractivity contribution in [3.8, 4) is 0 Å². The highest BCUT2D eigenvalue weighted by Crippen LogP contribution is 2.14. The molecule has 0 fully saturated rings. The summed E-state index contributed by atoms with van der Waals surface area (Å²) in [5.41, 5.74) is 8.02. The van der Waals surface area contributed by atoms with E-state index >= 15 is 0 Å². The SMILES string of the molecule is NC(=O)C(=CCc1ccccc1)c1ccccc1. The second kappa shape index (κ2) is 5.82. The highest BCUT2D eigenvalue weighted by molar-refractivity contribution is 6.18. The van der Waals surface area contributed by atoms with Gasteiger partial charge in [0.1, 0.15) is 0 Å². The van der Waals surface area contributed by atoms with Gasteiger partial charge in [0.05, 0.1) is 0 Å². The lowest BCUT2D eigenvalue weighted by Gasteiger charge is -2.04. The van der Waals surface area contributed by atoms with E-state index in [-0.39, 0.29) is 0 Å². The van der Waals surface area contributed by atoms with Crippen LogP contribution in [-0.2, 0) is 11.2 Å². The van der Waals surface area contributed by atoms with E-state index in [1.165, 1.54) is 0 Å². The fraction of sp³-hybridized carbons (Fsp3) is 0.0625. The first-order valence-electron chi connectivity index (χ1n) is 5.86. The number of hydrogen-bond donors (Lipinski definition) is 1. The average molecular weight is 237 g/mol. The molecular formula is C16H15NO. The molecule has 0 atom stereocenters. The summed E-state index contributed by atoms with van der Waals surface area (Å²) >= 11 is 0. The summed E-state index contributed by atoms with van der Waals surface area (Å²) in [6.07, 6.45) is 2.58. The van der Waals surface area contributed by atoms with E-state index in [1.54, 1.807) is 0 Å². The van der Waals surface area contributed by atoms with Gasteiger partial charge in [-0.2, -0.15) is 0 Å². The molecule has 2 nitrogen and oxygen atoms in total. The Kier molecular flexibility index (Phi) is 3.92. The summed E-state index contributed by atoms with van der Waals surface area (Å²) in [7, 11) is 0. The molecule has 0 spiro atoms. The van der Waals surface area contributed by atoms with Crippen LogP contribution in [0.25, 0.3) is 5.57 Å². The Bertz CT molecular complexity index is 544. The van der Waals surface area contributed by atoms with Gasteiger partial charge in [-0.15, -0.1) is 0 Å². The smallest absolute Gasteiger partial charge is 0.248 e. The van der Waals surface area contributed by atoms with E-state index in [9.17, 15) is 4.79 Å².